The van der Waals surface area contributed by atoms with Crippen molar-refractivity contribution in [3.63, 3.8) is 0 Å². The number of methoxy groups -OCH3 is 1. The van der Waals surface area contributed by atoms with Crippen LogP contribution < -0.4 is 10.1 Å². The Labute approximate surface area is 128 Å². The molecule has 0 aliphatic carbocycles. The van der Waals surface area contributed by atoms with Gasteiger partial charge in [0.05, 0.1) is 11.1 Å². The number of halogens is 1. The Balaban J connectivity index is 2.02. The molecule has 0 spiro atoms. The van der Waals surface area contributed by atoms with E-state index in [1.165, 1.54) is 0 Å². The van der Waals surface area contributed by atoms with Gasteiger partial charge in [0.25, 0.3) is 0 Å². The summed E-state index contributed by atoms with van der Waals surface area (Å²) in [7, 11) is 1.64. The lowest BCUT2D eigenvalue weighted by molar-refractivity contribution is 0.0895. The van der Waals surface area contributed by atoms with Gasteiger partial charge in [-0.3, -0.25) is 4.79 Å². The van der Waals surface area contributed by atoms with Crippen LogP contribution in [-0.4, -0.2) is 39.2 Å². The van der Waals surface area contributed by atoms with Crippen LogP contribution in [0, 0.1) is 5.92 Å². The minimum absolute atomic E-state index is 0.142. The summed E-state index contributed by atoms with van der Waals surface area (Å²) < 4.78 is 11.3. The number of hydrogen-bond acceptors (Lipinski definition) is 4. The van der Waals surface area contributed by atoms with Gasteiger partial charge in [-0.25, -0.2) is 0 Å². The minimum atomic E-state index is 0.142. The van der Waals surface area contributed by atoms with Gasteiger partial charge in [-0.2, -0.15) is 0 Å². The topological polar surface area (TPSA) is 47.6 Å². The molecule has 1 N–H and O–H groups in total. The highest BCUT2D eigenvalue weighted by atomic mass is 79.9. The molecule has 1 aromatic carbocycles. The lowest BCUT2D eigenvalue weighted by Gasteiger charge is -2.21. The summed E-state index contributed by atoms with van der Waals surface area (Å²) in [4.78, 5) is 12.4. The largest absolute Gasteiger partial charge is 0.490 e. The number of ether oxygens (including phenoxy) is 2. The molecule has 2 rings (SSSR count). The number of piperidine rings is 1. The van der Waals surface area contributed by atoms with Gasteiger partial charge >= 0.3 is 0 Å². The van der Waals surface area contributed by atoms with Gasteiger partial charge in [0.2, 0.25) is 0 Å². The van der Waals surface area contributed by atoms with Crippen molar-refractivity contribution in [3.8, 4) is 5.75 Å². The van der Waals surface area contributed by atoms with Crippen LogP contribution in [0.5, 0.6) is 5.75 Å². The van der Waals surface area contributed by atoms with Crippen molar-refractivity contribution >= 4 is 21.7 Å². The number of benzene rings is 1. The van der Waals surface area contributed by atoms with Crippen molar-refractivity contribution in [1.82, 2.24) is 5.32 Å². The van der Waals surface area contributed by atoms with E-state index in [1.807, 2.05) is 18.2 Å². The van der Waals surface area contributed by atoms with E-state index in [2.05, 4.69) is 21.2 Å². The molecule has 1 fully saturated rings. The fraction of sp³-hybridized carbons (Fsp3) is 0.533. The smallest absolute Gasteiger partial charge is 0.166 e. The molecule has 1 aliphatic rings. The highest BCUT2D eigenvalue weighted by molar-refractivity contribution is 9.10. The first-order chi connectivity index (χ1) is 9.72. The maximum atomic E-state index is 12.4. The highest BCUT2D eigenvalue weighted by Crippen LogP contribution is 2.28. The van der Waals surface area contributed by atoms with Crippen LogP contribution in [0.25, 0.3) is 0 Å². The average molecular weight is 342 g/mol. The Morgan fingerprint density at radius 1 is 1.35 bits per heavy atom. The van der Waals surface area contributed by atoms with Gasteiger partial charge in [0.15, 0.2) is 5.78 Å². The van der Waals surface area contributed by atoms with E-state index in [0.717, 1.165) is 41.7 Å². The molecule has 0 amide bonds. The average Bonchev–Trinajstić information content (AvgIpc) is 2.49. The normalized spacial score (nSPS) is 16.1. The van der Waals surface area contributed by atoms with Crippen molar-refractivity contribution in [2.45, 2.75) is 12.8 Å². The van der Waals surface area contributed by atoms with Crippen LogP contribution >= 0.6 is 15.9 Å². The Morgan fingerprint density at radius 3 is 2.75 bits per heavy atom. The lowest BCUT2D eigenvalue weighted by atomic mass is 9.90. The maximum absolute atomic E-state index is 12.4. The third-order valence-corrected chi connectivity index (χ3v) is 4.09. The molecule has 1 aromatic rings. The number of Topliss-reactive ketones (excluding diaryl/α,β-unsaturated/α-hetero) is 1. The molecule has 1 saturated heterocycles. The molecule has 4 nitrogen and oxygen atoms in total. The predicted molar refractivity (Wildman–Crippen MR) is 81.4 cm³/mol. The second kappa shape index (κ2) is 7.76. The van der Waals surface area contributed by atoms with Crippen molar-refractivity contribution in [2.24, 2.45) is 5.92 Å². The zero-order valence-electron chi connectivity index (χ0n) is 11.7. The molecule has 1 aliphatic heterocycles. The van der Waals surface area contributed by atoms with E-state index in [4.69, 9.17) is 9.47 Å². The van der Waals surface area contributed by atoms with E-state index >= 15 is 0 Å². The number of rotatable bonds is 6. The fourth-order valence-electron chi connectivity index (χ4n) is 2.33. The Bertz CT molecular complexity index is 458. The number of hydrogen-bond donors (Lipinski definition) is 1. The van der Waals surface area contributed by atoms with Gasteiger partial charge < -0.3 is 14.8 Å². The molecule has 0 atom stereocenters. The zero-order chi connectivity index (χ0) is 14.4. The minimum Gasteiger partial charge on any atom is -0.490 e. The Kier molecular flexibility index (Phi) is 6.01. The van der Waals surface area contributed by atoms with Gasteiger partial charge in [-0.05, 0) is 60.1 Å². The highest BCUT2D eigenvalue weighted by Gasteiger charge is 2.22. The molecule has 110 valence electrons. The molecule has 0 saturated carbocycles. The molecule has 1 heterocycles. The van der Waals surface area contributed by atoms with E-state index in [-0.39, 0.29) is 11.7 Å². The summed E-state index contributed by atoms with van der Waals surface area (Å²) in [5, 5.41) is 3.28. The molecule has 0 aromatic heterocycles. The van der Waals surface area contributed by atoms with Crippen LogP contribution in [-0.2, 0) is 4.74 Å². The summed E-state index contributed by atoms with van der Waals surface area (Å²) in [6, 6.07) is 5.54. The lowest BCUT2D eigenvalue weighted by Crippen LogP contribution is -2.31. The van der Waals surface area contributed by atoms with Crippen molar-refractivity contribution in [3.05, 3.63) is 28.2 Å². The zero-order valence-corrected chi connectivity index (χ0v) is 13.2. The first-order valence-corrected chi connectivity index (χ1v) is 7.68. The fourth-order valence-corrected chi connectivity index (χ4v) is 2.82. The van der Waals surface area contributed by atoms with E-state index in [1.54, 1.807) is 7.11 Å². The number of carbonyl (C=O) groups excluding carboxylic acids is 1. The third-order valence-electron chi connectivity index (χ3n) is 3.47. The summed E-state index contributed by atoms with van der Waals surface area (Å²) in [6.45, 7) is 2.89. The molecule has 0 bridgehead atoms. The summed E-state index contributed by atoms with van der Waals surface area (Å²) in [5.41, 5.74) is 0.753. The van der Waals surface area contributed by atoms with Gasteiger partial charge in [0.1, 0.15) is 12.4 Å². The van der Waals surface area contributed by atoms with Crippen molar-refractivity contribution < 1.29 is 14.3 Å². The first-order valence-electron chi connectivity index (χ1n) is 6.88. The first kappa shape index (κ1) is 15.5. The van der Waals surface area contributed by atoms with Gasteiger partial charge in [0, 0.05) is 18.6 Å². The molecular weight excluding hydrogens is 322 g/mol. The number of ketones is 1. The van der Waals surface area contributed by atoms with Crippen LogP contribution in [0.2, 0.25) is 0 Å². The maximum Gasteiger partial charge on any atom is 0.166 e. The van der Waals surface area contributed by atoms with Gasteiger partial charge in [-0.1, -0.05) is 0 Å². The van der Waals surface area contributed by atoms with Crippen LogP contribution in [0.1, 0.15) is 23.2 Å². The second-order valence-electron chi connectivity index (χ2n) is 4.87. The van der Waals surface area contributed by atoms with E-state index < -0.39 is 0 Å². The summed E-state index contributed by atoms with van der Waals surface area (Å²) >= 11 is 3.46. The van der Waals surface area contributed by atoms with Crippen molar-refractivity contribution in [2.75, 3.05) is 33.4 Å². The van der Waals surface area contributed by atoms with Crippen molar-refractivity contribution in [1.29, 1.82) is 0 Å². The molecule has 0 unspecified atom stereocenters. The summed E-state index contributed by atoms with van der Waals surface area (Å²) in [6.07, 6.45) is 1.84. The molecule has 20 heavy (non-hydrogen) atoms. The number of carbonyl (C=O) groups is 1. The molecule has 0 radical (unpaired) electrons. The Hall–Kier alpha value is -0.910. The van der Waals surface area contributed by atoms with Gasteiger partial charge in [-0.15, -0.1) is 0 Å². The standard InChI is InChI=1S/C15H20BrNO3/c1-19-8-9-20-14-3-2-12(10-13(14)16)15(18)11-4-6-17-7-5-11/h2-3,10-11,17H,4-9H2,1H3. The monoisotopic (exact) mass is 341 g/mol. The quantitative estimate of drug-likeness (QED) is 0.638. The van der Waals surface area contributed by atoms with E-state index in [9.17, 15) is 4.79 Å². The van der Waals surface area contributed by atoms with E-state index in [0.29, 0.717) is 13.2 Å². The molecular formula is C15H20BrNO3. The third kappa shape index (κ3) is 4.04. The SMILES string of the molecule is COCCOc1ccc(C(=O)C2CCNCC2)cc1Br. The van der Waals surface area contributed by atoms with Crippen LogP contribution in [0.3, 0.4) is 0 Å². The predicted octanol–water partition coefficient (Wildman–Crippen LogP) is 2.66. The number of nitrogens with one attached hydrogen (secondary N) is 1. The van der Waals surface area contributed by atoms with Crippen LogP contribution in [0.15, 0.2) is 22.7 Å². The van der Waals surface area contributed by atoms with Crippen LogP contribution in [0.4, 0.5) is 0 Å². The summed E-state index contributed by atoms with van der Waals surface area (Å²) in [5.74, 6) is 1.11. The second-order valence-corrected chi connectivity index (χ2v) is 5.73. The Morgan fingerprint density at radius 2 is 2.10 bits per heavy atom. The molecule has 5 heteroatoms.